The lowest BCUT2D eigenvalue weighted by molar-refractivity contribution is -0.0753. The summed E-state index contributed by atoms with van der Waals surface area (Å²) in [6, 6.07) is 10.6. The third-order valence-electron chi connectivity index (χ3n) is 6.77. The van der Waals surface area contributed by atoms with Crippen molar-refractivity contribution in [3.05, 3.63) is 75.3 Å². The lowest BCUT2D eigenvalue weighted by Gasteiger charge is -2.29. The number of rotatable bonds is 10. The summed E-state index contributed by atoms with van der Waals surface area (Å²) in [5, 5.41) is 0. The van der Waals surface area contributed by atoms with E-state index >= 15 is 0 Å². The number of hydrogen-bond acceptors (Lipinski definition) is 10. The summed E-state index contributed by atoms with van der Waals surface area (Å²) in [6.45, 7) is 0.829. The van der Waals surface area contributed by atoms with Crippen molar-refractivity contribution in [3.63, 3.8) is 0 Å². The molecule has 0 amide bonds. The van der Waals surface area contributed by atoms with E-state index in [1.54, 1.807) is 19.2 Å². The molecule has 40 heavy (non-hydrogen) atoms. The van der Waals surface area contributed by atoms with Crippen LogP contribution in [0.5, 0.6) is 5.75 Å². The van der Waals surface area contributed by atoms with E-state index in [0.717, 1.165) is 16.4 Å². The minimum absolute atomic E-state index is 0.0198. The Morgan fingerprint density at radius 2 is 1.88 bits per heavy atom. The Morgan fingerprint density at radius 3 is 2.58 bits per heavy atom. The predicted octanol–water partition coefficient (Wildman–Crippen LogP) is 2.20. The highest BCUT2D eigenvalue weighted by Gasteiger charge is 2.26. The molecule has 0 N–H and O–H groups in total. The highest BCUT2D eigenvalue weighted by molar-refractivity contribution is 7.90. The summed E-state index contributed by atoms with van der Waals surface area (Å²) in [6.07, 6.45) is 4.53. The first-order valence-corrected chi connectivity index (χ1v) is 14.9. The number of para-hydroxylation sites is 1. The van der Waals surface area contributed by atoms with Crippen LogP contribution in [-0.4, -0.2) is 66.0 Å². The van der Waals surface area contributed by atoms with Gasteiger partial charge in [-0.25, -0.2) is 23.2 Å². The van der Waals surface area contributed by atoms with Gasteiger partial charge in [0, 0.05) is 31.6 Å². The zero-order valence-corrected chi connectivity index (χ0v) is 23.0. The third-order valence-corrected chi connectivity index (χ3v) is 7.69. The molecule has 1 aliphatic rings. The molecule has 4 heterocycles. The number of aromatic nitrogens is 4. The van der Waals surface area contributed by atoms with E-state index in [1.165, 1.54) is 17.0 Å². The molecule has 0 unspecified atom stereocenters. The summed E-state index contributed by atoms with van der Waals surface area (Å²) in [7, 11) is -1.91. The van der Waals surface area contributed by atoms with E-state index in [-0.39, 0.29) is 41.9 Å². The number of benzene rings is 1. The van der Waals surface area contributed by atoms with E-state index in [1.807, 2.05) is 24.3 Å². The fourth-order valence-electron chi connectivity index (χ4n) is 4.75. The number of methoxy groups -OCH3 is 1. The largest absolute Gasteiger partial charge is 0.496 e. The molecule has 12 nitrogen and oxygen atoms in total. The van der Waals surface area contributed by atoms with Crippen molar-refractivity contribution in [2.75, 3.05) is 32.3 Å². The van der Waals surface area contributed by atoms with Crippen LogP contribution < -0.4 is 16.0 Å². The van der Waals surface area contributed by atoms with Crippen molar-refractivity contribution in [3.8, 4) is 17.3 Å². The average molecular weight is 571 g/mol. The van der Waals surface area contributed by atoms with Gasteiger partial charge in [0.15, 0.2) is 5.52 Å². The van der Waals surface area contributed by atoms with Gasteiger partial charge in [-0.1, -0.05) is 18.2 Å². The van der Waals surface area contributed by atoms with Crippen molar-refractivity contribution in [1.29, 1.82) is 0 Å². The van der Waals surface area contributed by atoms with Crippen LogP contribution in [0.3, 0.4) is 0 Å². The van der Waals surface area contributed by atoms with E-state index in [4.69, 9.17) is 18.6 Å². The Morgan fingerprint density at radius 1 is 1.10 bits per heavy atom. The molecule has 0 saturated carbocycles. The van der Waals surface area contributed by atoms with Gasteiger partial charge in [-0.2, -0.15) is 0 Å². The molecule has 1 aromatic carbocycles. The maximum atomic E-state index is 13.8. The summed E-state index contributed by atoms with van der Waals surface area (Å²) in [5.41, 5.74) is -0.0798. The van der Waals surface area contributed by atoms with Crippen molar-refractivity contribution in [1.82, 2.24) is 19.1 Å². The maximum absolute atomic E-state index is 13.8. The van der Waals surface area contributed by atoms with Gasteiger partial charge in [0.25, 0.3) is 5.56 Å². The minimum atomic E-state index is -3.47. The van der Waals surface area contributed by atoms with E-state index in [9.17, 15) is 18.0 Å². The van der Waals surface area contributed by atoms with Gasteiger partial charge in [-0.15, -0.1) is 0 Å². The number of oxazole rings is 1. The molecule has 0 aliphatic carbocycles. The lowest BCUT2D eigenvalue weighted by atomic mass is 10.1. The number of ether oxygens (including phenoxy) is 3. The second kappa shape index (κ2) is 11.7. The maximum Gasteiger partial charge on any atom is 0.331 e. The van der Waals surface area contributed by atoms with Crippen LogP contribution in [0.2, 0.25) is 0 Å². The van der Waals surface area contributed by atoms with Crippen molar-refractivity contribution < 1.29 is 27.0 Å². The number of hydrogen-bond donors (Lipinski definition) is 0. The molecular formula is C27H30N4O8S. The predicted molar refractivity (Wildman–Crippen MR) is 146 cm³/mol. The normalized spacial score (nSPS) is 15.3. The number of pyridine rings is 1. The Kier molecular flexibility index (Phi) is 8.14. The molecule has 5 rings (SSSR count). The molecule has 212 valence electrons. The summed E-state index contributed by atoms with van der Waals surface area (Å²) in [5.74, 6) is 0.407. The lowest BCUT2D eigenvalue weighted by Crippen LogP contribution is -2.42. The van der Waals surface area contributed by atoms with E-state index in [0.29, 0.717) is 37.5 Å². The van der Waals surface area contributed by atoms with Gasteiger partial charge < -0.3 is 18.6 Å². The summed E-state index contributed by atoms with van der Waals surface area (Å²) >= 11 is 0. The number of nitrogens with zero attached hydrogens (tertiary/aromatic N) is 4. The quantitative estimate of drug-likeness (QED) is 0.278. The van der Waals surface area contributed by atoms with Crippen LogP contribution in [0.1, 0.15) is 24.5 Å². The zero-order valence-electron chi connectivity index (χ0n) is 22.2. The Balaban J connectivity index is 1.67. The molecule has 4 aromatic rings. The summed E-state index contributed by atoms with van der Waals surface area (Å²) < 4.78 is 49.2. The number of fused-ring (bicyclic) bond motifs is 1. The molecule has 1 atom stereocenters. The molecule has 0 spiro atoms. The minimum Gasteiger partial charge on any atom is -0.496 e. The molecular weight excluding hydrogens is 540 g/mol. The zero-order chi connectivity index (χ0) is 28.3. The van der Waals surface area contributed by atoms with Crippen LogP contribution >= 0.6 is 0 Å². The first-order chi connectivity index (χ1) is 19.2. The Bertz CT molecular complexity index is 1710. The molecule has 3 aromatic heterocycles. The summed E-state index contributed by atoms with van der Waals surface area (Å²) in [4.78, 5) is 35.9. The second-order valence-corrected chi connectivity index (χ2v) is 11.8. The Labute approximate surface area is 230 Å². The molecule has 1 saturated heterocycles. The standard InChI is InChI=1S/C27H30N4O8S/c1-36-22-6-4-3-5-19(22)23(39-18-9-13-37-14-10-18)17-31-21-8-7-20(25-28-11-15-38-25)29-24(21)26(32)30(27(31)33)12-16-40(2,34)35/h3-8,11,15,18,23H,9-10,12-14,16-17H2,1-2H3/t23-/m0/s1. The highest BCUT2D eigenvalue weighted by atomic mass is 32.2. The van der Waals surface area contributed by atoms with Gasteiger partial charge in [0.05, 0.1) is 37.2 Å². The first kappa shape index (κ1) is 27.7. The van der Waals surface area contributed by atoms with Crippen molar-refractivity contribution in [2.45, 2.75) is 38.1 Å². The Hall–Kier alpha value is -3.81. The fraction of sp³-hybridized carbons (Fsp3) is 0.407. The molecule has 1 aliphatic heterocycles. The molecule has 0 bridgehead atoms. The van der Waals surface area contributed by atoms with Gasteiger partial charge in [0.1, 0.15) is 33.6 Å². The monoisotopic (exact) mass is 570 g/mol. The van der Waals surface area contributed by atoms with E-state index < -0.39 is 27.2 Å². The molecule has 0 radical (unpaired) electrons. The smallest absolute Gasteiger partial charge is 0.331 e. The topological polar surface area (TPSA) is 145 Å². The van der Waals surface area contributed by atoms with Crippen LogP contribution in [0.4, 0.5) is 0 Å². The SMILES string of the molecule is COc1ccccc1[C@H](Cn1c(=O)n(CCS(C)(=O)=O)c(=O)c2nc(-c3ncco3)ccc21)OC1CCOCC1. The fourth-order valence-corrected chi connectivity index (χ4v) is 5.26. The number of sulfone groups is 1. The van der Waals surface area contributed by atoms with Gasteiger partial charge in [-0.05, 0) is 31.0 Å². The molecule has 13 heteroatoms. The second-order valence-electron chi connectivity index (χ2n) is 9.56. The van der Waals surface area contributed by atoms with Crippen molar-refractivity contribution in [2.24, 2.45) is 0 Å². The van der Waals surface area contributed by atoms with Crippen LogP contribution in [-0.2, 0) is 32.4 Å². The van der Waals surface area contributed by atoms with Crippen LogP contribution in [0.25, 0.3) is 22.6 Å². The highest BCUT2D eigenvalue weighted by Crippen LogP contribution is 2.32. The third kappa shape index (κ3) is 6.01. The van der Waals surface area contributed by atoms with Crippen LogP contribution in [0.15, 0.2) is 62.9 Å². The average Bonchev–Trinajstić information content (AvgIpc) is 3.49. The van der Waals surface area contributed by atoms with Gasteiger partial charge in [-0.3, -0.25) is 13.9 Å². The molecule has 1 fully saturated rings. The van der Waals surface area contributed by atoms with Gasteiger partial charge in [0.2, 0.25) is 5.89 Å². The van der Waals surface area contributed by atoms with E-state index in [2.05, 4.69) is 9.97 Å². The van der Waals surface area contributed by atoms with Crippen LogP contribution in [0, 0.1) is 0 Å². The van der Waals surface area contributed by atoms with Gasteiger partial charge >= 0.3 is 5.69 Å². The first-order valence-electron chi connectivity index (χ1n) is 12.8. The van der Waals surface area contributed by atoms with Crippen molar-refractivity contribution >= 4 is 20.9 Å².